The fraction of sp³-hybridized carbons (Fsp3) is 0.304. The minimum atomic E-state index is -0.326. The Balaban J connectivity index is 1.52. The van der Waals surface area contributed by atoms with Gasteiger partial charge in [0.1, 0.15) is 17.2 Å². The molecule has 1 fully saturated rings. The highest BCUT2D eigenvalue weighted by Gasteiger charge is 2.31. The number of likely N-dealkylation sites (tertiary alicyclic amines) is 1. The number of pyridine rings is 1. The van der Waals surface area contributed by atoms with Crippen LogP contribution in [0.15, 0.2) is 53.3 Å². The number of para-hydroxylation sites is 1. The van der Waals surface area contributed by atoms with E-state index in [4.69, 9.17) is 4.52 Å². The second-order valence-electron chi connectivity index (χ2n) is 7.96. The third-order valence-corrected chi connectivity index (χ3v) is 6.04. The lowest BCUT2D eigenvalue weighted by Crippen LogP contribution is -2.36. The van der Waals surface area contributed by atoms with Gasteiger partial charge in [0.2, 0.25) is 5.91 Å². The molecule has 32 heavy (non-hydrogen) atoms. The van der Waals surface area contributed by atoms with Gasteiger partial charge in [-0.2, -0.15) is 4.98 Å². The summed E-state index contributed by atoms with van der Waals surface area (Å²) in [7, 11) is 1.84. The largest absolute Gasteiger partial charge is 0.343 e. The molecule has 0 unspecified atom stereocenters. The first-order valence-corrected chi connectivity index (χ1v) is 10.6. The van der Waals surface area contributed by atoms with Crippen molar-refractivity contribution < 1.29 is 13.7 Å². The summed E-state index contributed by atoms with van der Waals surface area (Å²) < 4.78 is 23.9. The van der Waals surface area contributed by atoms with Crippen LogP contribution in [-0.2, 0) is 11.8 Å². The molecule has 0 saturated carbocycles. The van der Waals surface area contributed by atoms with Crippen LogP contribution in [0.3, 0.4) is 0 Å². The van der Waals surface area contributed by atoms with E-state index in [1.54, 1.807) is 42.2 Å². The van der Waals surface area contributed by atoms with Crippen LogP contribution in [0.4, 0.5) is 4.39 Å². The second-order valence-corrected chi connectivity index (χ2v) is 7.96. The molecule has 164 valence electrons. The van der Waals surface area contributed by atoms with Crippen LogP contribution in [0.25, 0.3) is 28.5 Å². The topological polar surface area (TPSA) is 82.0 Å². The fourth-order valence-corrected chi connectivity index (χ4v) is 4.32. The molecule has 0 atom stereocenters. The minimum Gasteiger partial charge on any atom is -0.343 e. The van der Waals surface area contributed by atoms with Crippen molar-refractivity contribution in [1.29, 1.82) is 0 Å². The van der Waals surface area contributed by atoms with E-state index in [9.17, 15) is 9.18 Å². The van der Waals surface area contributed by atoms with Crippen LogP contribution in [0.2, 0.25) is 0 Å². The number of carbonyl (C=O) groups excluding carboxylic acids is 1. The SMILES string of the molecule is CC(=O)N1CCC(c2noc(-c3c(-c4ccncc4)n(-c4ccccc4F)n3C)n2)CC1. The number of halogens is 1. The highest BCUT2D eigenvalue weighted by molar-refractivity contribution is 5.78. The zero-order valence-corrected chi connectivity index (χ0v) is 17.9. The summed E-state index contributed by atoms with van der Waals surface area (Å²) in [6.07, 6.45) is 4.98. The number of carbonyl (C=O) groups is 1. The molecular formula is C23H23FN6O2. The first kappa shape index (κ1) is 20.2. The highest BCUT2D eigenvalue weighted by atomic mass is 19.1. The molecule has 9 heteroatoms. The van der Waals surface area contributed by atoms with E-state index in [0.29, 0.717) is 30.5 Å². The van der Waals surface area contributed by atoms with Crippen molar-refractivity contribution in [1.82, 2.24) is 29.4 Å². The molecule has 0 N–H and O–H groups in total. The summed E-state index contributed by atoms with van der Waals surface area (Å²) in [4.78, 5) is 22.2. The van der Waals surface area contributed by atoms with Gasteiger partial charge in [-0.15, -0.1) is 0 Å². The van der Waals surface area contributed by atoms with Crippen molar-refractivity contribution >= 4 is 5.91 Å². The van der Waals surface area contributed by atoms with Gasteiger partial charge in [-0.3, -0.25) is 14.5 Å². The van der Waals surface area contributed by atoms with Gasteiger partial charge in [-0.25, -0.2) is 9.07 Å². The molecule has 1 amide bonds. The van der Waals surface area contributed by atoms with Crippen molar-refractivity contribution in [3.05, 3.63) is 60.4 Å². The Labute approximate surface area is 184 Å². The maximum Gasteiger partial charge on any atom is 0.278 e. The number of piperidine rings is 1. The van der Waals surface area contributed by atoms with Crippen LogP contribution in [0.1, 0.15) is 31.5 Å². The van der Waals surface area contributed by atoms with Gasteiger partial charge >= 0.3 is 0 Å². The van der Waals surface area contributed by atoms with Crippen molar-refractivity contribution in [2.75, 3.05) is 13.1 Å². The summed E-state index contributed by atoms with van der Waals surface area (Å²) in [5, 5.41) is 4.24. The molecule has 0 bridgehead atoms. The number of rotatable bonds is 4. The molecule has 5 rings (SSSR count). The Morgan fingerprint density at radius 2 is 1.81 bits per heavy atom. The van der Waals surface area contributed by atoms with Gasteiger partial charge < -0.3 is 9.42 Å². The summed E-state index contributed by atoms with van der Waals surface area (Å²) in [6, 6.07) is 10.4. The molecule has 8 nitrogen and oxygen atoms in total. The van der Waals surface area contributed by atoms with Crippen LogP contribution in [0, 0.1) is 5.82 Å². The van der Waals surface area contributed by atoms with Crippen molar-refractivity contribution in [2.45, 2.75) is 25.7 Å². The molecule has 1 aliphatic rings. The Kier molecular flexibility index (Phi) is 5.08. The predicted molar refractivity (Wildman–Crippen MR) is 115 cm³/mol. The summed E-state index contributed by atoms with van der Waals surface area (Å²) in [5.74, 6) is 0.932. The van der Waals surface area contributed by atoms with Gasteiger partial charge in [0.25, 0.3) is 5.89 Å². The van der Waals surface area contributed by atoms with Crippen LogP contribution in [-0.4, -0.2) is 48.4 Å². The van der Waals surface area contributed by atoms with E-state index in [1.807, 2.05) is 28.8 Å². The average Bonchev–Trinajstić information content (AvgIpc) is 3.28. The third-order valence-electron chi connectivity index (χ3n) is 6.04. The molecule has 0 radical (unpaired) electrons. The van der Waals surface area contributed by atoms with Crippen molar-refractivity contribution in [3.63, 3.8) is 0 Å². The Morgan fingerprint density at radius 1 is 1.09 bits per heavy atom. The standard InChI is InChI=1S/C23H23FN6O2/c1-15(31)29-13-9-17(10-14-29)22-26-23(32-27-22)21-20(16-7-11-25-12-8-16)30(28(21)2)19-6-4-3-5-18(19)24/h3-8,11-12,17H,9-10,13-14H2,1-2H3. The maximum absolute atomic E-state index is 14.6. The van der Waals surface area contributed by atoms with Crippen molar-refractivity contribution in [3.8, 4) is 28.5 Å². The molecule has 3 aromatic heterocycles. The smallest absolute Gasteiger partial charge is 0.278 e. The summed E-state index contributed by atoms with van der Waals surface area (Å²) in [5.41, 5.74) is 2.79. The number of hydrogen-bond acceptors (Lipinski definition) is 5. The third kappa shape index (κ3) is 3.39. The lowest BCUT2D eigenvalue weighted by atomic mass is 9.96. The lowest BCUT2D eigenvalue weighted by Gasteiger charge is -2.29. The number of benzene rings is 1. The molecule has 4 aromatic rings. The van der Waals surface area contributed by atoms with Gasteiger partial charge in [0.15, 0.2) is 5.82 Å². The summed E-state index contributed by atoms with van der Waals surface area (Å²) in [6.45, 7) is 2.97. The van der Waals surface area contributed by atoms with E-state index >= 15 is 0 Å². The monoisotopic (exact) mass is 434 g/mol. The van der Waals surface area contributed by atoms with E-state index in [1.165, 1.54) is 6.07 Å². The number of amides is 1. The molecule has 4 heterocycles. The minimum absolute atomic E-state index is 0.0914. The average molecular weight is 434 g/mol. The van der Waals surface area contributed by atoms with Crippen LogP contribution < -0.4 is 0 Å². The maximum atomic E-state index is 14.6. The van der Waals surface area contributed by atoms with E-state index in [-0.39, 0.29) is 17.6 Å². The Bertz CT molecular complexity index is 1250. The molecular weight excluding hydrogens is 411 g/mol. The van der Waals surface area contributed by atoms with E-state index in [2.05, 4.69) is 15.1 Å². The fourth-order valence-electron chi connectivity index (χ4n) is 4.32. The quantitative estimate of drug-likeness (QED) is 0.488. The second kappa shape index (κ2) is 8.07. The first-order valence-electron chi connectivity index (χ1n) is 10.6. The first-order chi connectivity index (χ1) is 15.5. The summed E-state index contributed by atoms with van der Waals surface area (Å²) >= 11 is 0. The molecule has 1 saturated heterocycles. The Hall–Kier alpha value is -3.75. The molecule has 1 aromatic carbocycles. The normalized spacial score (nSPS) is 14.8. The van der Waals surface area contributed by atoms with Crippen LogP contribution in [0.5, 0.6) is 0 Å². The number of aromatic nitrogens is 5. The molecule has 0 spiro atoms. The van der Waals surface area contributed by atoms with E-state index < -0.39 is 0 Å². The molecule has 1 aliphatic heterocycles. The van der Waals surface area contributed by atoms with Gasteiger partial charge in [-0.1, -0.05) is 17.3 Å². The lowest BCUT2D eigenvalue weighted by molar-refractivity contribution is -0.129. The zero-order valence-electron chi connectivity index (χ0n) is 17.9. The zero-order chi connectivity index (χ0) is 22.2. The predicted octanol–water partition coefficient (Wildman–Crippen LogP) is 3.79. The molecule has 0 aliphatic carbocycles. The number of nitrogens with zero attached hydrogens (tertiary/aromatic N) is 6. The van der Waals surface area contributed by atoms with E-state index in [0.717, 1.165) is 29.8 Å². The highest BCUT2D eigenvalue weighted by Crippen LogP contribution is 2.38. The van der Waals surface area contributed by atoms with Gasteiger partial charge in [0, 0.05) is 50.9 Å². The number of hydrogen-bond donors (Lipinski definition) is 0. The van der Waals surface area contributed by atoms with Crippen molar-refractivity contribution in [2.24, 2.45) is 7.05 Å². The van der Waals surface area contributed by atoms with Crippen LogP contribution >= 0.6 is 0 Å². The van der Waals surface area contributed by atoms with Gasteiger partial charge in [0.05, 0.1) is 5.69 Å². The Morgan fingerprint density at radius 3 is 2.50 bits per heavy atom. The van der Waals surface area contributed by atoms with Gasteiger partial charge in [-0.05, 0) is 37.1 Å².